The fourth-order valence-electron chi connectivity index (χ4n) is 3.90. The highest BCUT2D eigenvalue weighted by molar-refractivity contribution is 5.97. The lowest BCUT2D eigenvalue weighted by atomic mass is 10.00. The molecule has 4 nitrogen and oxygen atoms in total. The van der Waals surface area contributed by atoms with Crippen LogP contribution in [0.1, 0.15) is 27.0 Å². The molecule has 154 valence electrons. The van der Waals surface area contributed by atoms with Crippen LogP contribution >= 0.6 is 0 Å². The number of carbonyl (C=O) groups is 1. The van der Waals surface area contributed by atoms with Gasteiger partial charge < -0.3 is 9.84 Å². The van der Waals surface area contributed by atoms with Gasteiger partial charge in [0.05, 0.1) is 0 Å². The Bertz CT molecular complexity index is 986. The van der Waals surface area contributed by atoms with Crippen LogP contribution in [0.2, 0.25) is 0 Å². The van der Waals surface area contributed by atoms with E-state index in [2.05, 4.69) is 29.2 Å². The van der Waals surface area contributed by atoms with Crippen molar-refractivity contribution >= 4 is 5.78 Å². The van der Waals surface area contributed by atoms with Crippen LogP contribution in [0.25, 0.3) is 0 Å². The van der Waals surface area contributed by atoms with E-state index in [1.54, 1.807) is 12.1 Å². The second kappa shape index (κ2) is 9.70. The van der Waals surface area contributed by atoms with Crippen LogP contribution in [-0.2, 0) is 19.4 Å². The number of fused-ring (bicyclic) bond motifs is 1. The van der Waals surface area contributed by atoms with E-state index in [1.165, 1.54) is 11.1 Å². The number of β-amino-alcohol motifs (C(OH)–C–C–N with tert-alkyl or cyclic N) is 1. The van der Waals surface area contributed by atoms with E-state index in [4.69, 9.17) is 4.74 Å². The zero-order valence-electron chi connectivity index (χ0n) is 17.0. The molecule has 0 fully saturated rings. The topological polar surface area (TPSA) is 49.8 Å². The molecule has 0 radical (unpaired) electrons. The Labute approximate surface area is 177 Å². The van der Waals surface area contributed by atoms with E-state index in [0.29, 0.717) is 24.3 Å². The molecule has 3 aromatic rings. The molecule has 30 heavy (non-hydrogen) atoms. The number of rotatable bonds is 8. The Hall–Kier alpha value is -2.95. The molecule has 1 aliphatic rings. The second-order valence-electron chi connectivity index (χ2n) is 7.83. The summed E-state index contributed by atoms with van der Waals surface area (Å²) in [6.45, 7) is 2.57. The van der Waals surface area contributed by atoms with E-state index >= 15 is 0 Å². The molecule has 0 bridgehead atoms. The summed E-state index contributed by atoms with van der Waals surface area (Å²) < 4.78 is 5.79. The van der Waals surface area contributed by atoms with Crippen molar-refractivity contribution in [3.05, 3.63) is 101 Å². The Balaban J connectivity index is 1.28. The first-order chi connectivity index (χ1) is 14.7. The zero-order valence-corrected chi connectivity index (χ0v) is 17.0. The average molecular weight is 402 g/mol. The first-order valence-electron chi connectivity index (χ1n) is 10.4. The van der Waals surface area contributed by atoms with Crippen LogP contribution in [0.4, 0.5) is 0 Å². The number of aliphatic hydroxyl groups is 1. The number of nitrogens with zero attached hydrogens (tertiary/aromatic N) is 1. The number of ether oxygens (including phenoxy) is 1. The molecule has 0 spiro atoms. The Morgan fingerprint density at radius 1 is 0.967 bits per heavy atom. The zero-order chi connectivity index (χ0) is 20.8. The lowest BCUT2D eigenvalue weighted by molar-refractivity contribution is 0.0637. The maximum atomic E-state index is 12.6. The highest BCUT2D eigenvalue weighted by atomic mass is 16.5. The van der Waals surface area contributed by atoms with Gasteiger partial charge in [-0.2, -0.15) is 0 Å². The molecule has 0 amide bonds. The summed E-state index contributed by atoms with van der Waals surface area (Å²) in [7, 11) is 0. The van der Waals surface area contributed by atoms with Crippen molar-refractivity contribution in [3.8, 4) is 5.75 Å². The first kappa shape index (κ1) is 20.3. The third kappa shape index (κ3) is 5.35. The molecule has 0 aliphatic carbocycles. The average Bonchev–Trinajstić information content (AvgIpc) is 2.78. The molecule has 1 atom stereocenters. The minimum Gasteiger partial charge on any atom is -0.491 e. The molecule has 1 aliphatic heterocycles. The second-order valence-corrected chi connectivity index (χ2v) is 7.83. The van der Waals surface area contributed by atoms with Crippen LogP contribution in [0.3, 0.4) is 0 Å². The van der Waals surface area contributed by atoms with Gasteiger partial charge in [-0.15, -0.1) is 0 Å². The number of hydrogen-bond donors (Lipinski definition) is 1. The van der Waals surface area contributed by atoms with Gasteiger partial charge in [-0.1, -0.05) is 66.7 Å². The molecule has 1 heterocycles. The molecule has 0 saturated carbocycles. The summed E-state index contributed by atoms with van der Waals surface area (Å²) in [5.41, 5.74) is 4.35. The van der Waals surface area contributed by atoms with Crippen molar-refractivity contribution in [2.45, 2.75) is 25.5 Å². The fraction of sp³-hybridized carbons (Fsp3) is 0.269. The van der Waals surface area contributed by atoms with Gasteiger partial charge in [0.2, 0.25) is 0 Å². The first-order valence-corrected chi connectivity index (χ1v) is 10.4. The van der Waals surface area contributed by atoms with Gasteiger partial charge in [-0.05, 0) is 35.2 Å². The maximum Gasteiger partial charge on any atom is 0.167 e. The lowest BCUT2D eigenvalue weighted by Gasteiger charge is -2.30. The Morgan fingerprint density at radius 3 is 2.57 bits per heavy atom. The lowest BCUT2D eigenvalue weighted by Crippen LogP contribution is -2.38. The summed E-state index contributed by atoms with van der Waals surface area (Å²) in [6, 6.07) is 25.4. The molecule has 3 aromatic carbocycles. The molecule has 4 heteroatoms. The van der Waals surface area contributed by atoms with Crippen molar-refractivity contribution in [1.29, 1.82) is 0 Å². The number of aliphatic hydroxyl groups excluding tert-OH is 1. The van der Waals surface area contributed by atoms with Gasteiger partial charge in [0.25, 0.3) is 0 Å². The number of hydrogen-bond acceptors (Lipinski definition) is 4. The van der Waals surface area contributed by atoms with Gasteiger partial charge in [0, 0.05) is 31.6 Å². The minimum absolute atomic E-state index is 0.0548. The molecule has 4 rings (SSSR count). The van der Waals surface area contributed by atoms with Gasteiger partial charge in [0.15, 0.2) is 5.78 Å². The monoisotopic (exact) mass is 401 g/mol. The summed E-state index contributed by atoms with van der Waals surface area (Å²) in [5, 5.41) is 10.5. The number of carbonyl (C=O) groups excluding carboxylic acids is 1. The van der Waals surface area contributed by atoms with Gasteiger partial charge in [-0.25, -0.2) is 0 Å². The van der Waals surface area contributed by atoms with Crippen LogP contribution in [-0.4, -0.2) is 41.6 Å². The standard InChI is InChI=1S/C26H27NO3/c28-24(18-27-14-13-21-9-4-5-10-23(21)17-27)19-30-25-12-6-11-22(16-25)26(29)15-20-7-2-1-3-8-20/h1-12,16,24,28H,13-15,17-19H2. The van der Waals surface area contributed by atoms with E-state index < -0.39 is 6.10 Å². The fourth-order valence-corrected chi connectivity index (χ4v) is 3.90. The predicted octanol–water partition coefficient (Wildman–Crippen LogP) is 3.91. The normalized spacial score (nSPS) is 14.7. The van der Waals surface area contributed by atoms with E-state index in [9.17, 15) is 9.90 Å². The largest absolute Gasteiger partial charge is 0.491 e. The number of benzene rings is 3. The summed E-state index contributed by atoms with van der Waals surface area (Å²) in [5.74, 6) is 0.663. The maximum absolute atomic E-state index is 12.6. The Morgan fingerprint density at radius 2 is 1.73 bits per heavy atom. The van der Waals surface area contributed by atoms with Crippen molar-refractivity contribution in [1.82, 2.24) is 4.90 Å². The third-order valence-electron chi connectivity index (χ3n) is 5.48. The van der Waals surface area contributed by atoms with Gasteiger partial charge in [-0.3, -0.25) is 9.69 Å². The van der Waals surface area contributed by atoms with Crippen molar-refractivity contribution < 1.29 is 14.6 Å². The molecule has 0 aromatic heterocycles. The van der Waals surface area contributed by atoms with Crippen LogP contribution in [0.15, 0.2) is 78.9 Å². The highest BCUT2D eigenvalue weighted by Gasteiger charge is 2.19. The van der Waals surface area contributed by atoms with Crippen LogP contribution in [0.5, 0.6) is 5.75 Å². The van der Waals surface area contributed by atoms with Crippen molar-refractivity contribution in [3.63, 3.8) is 0 Å². The van der Waals surface area contributed by atoms with Gasteiger partial charge in [0.1, 0.15) is 18.5 Å². The van der Waals surface area contributed by atoms with Crippen molar-refractivity contribution in [2.24, 2.45) is 0 Å². The smallest absolute Gasteiger partial charge is 0.167 e. The Kier molecular flexibility index (Phi) is 6.57. The summed E-state index contributed by atoms with van der Waals surface area (Å²) in [6.07, 6.45) is 0.789. The summed E-state index contributed by atoms with van der Waals surface area (Å²) >= 11 is 0. The molecular formula is C26H27NO3. The summed E-state index contributed by atoms with van der Waals surface area (Å²) in [4.78, 5) is 14.8. The molecule has 1 unspecified atom stereocenters. The number of ketones is 1. The van der Waals surface area contributed by atoms with E-state index in [0.717, 1.165) is 25.1 Å². The molecule has 0 saturated heterocycles. The van der Waals surface area contributed by atoms with E-state index in [-0.39, 0.29) is 12.4 Å². The van der Waals surface area contributed by atoms with Crippen molar-refractivity contribution in [2.75, 3.05) is 19.7 Å². The predicted molar refractivity (Wildman–Crippen MR) is 118 cm³/mol. The molecular weight excluding hydrogens is 374 g/mol. The van der Waals surface area contributed by atoms with Crippen LogP contribution in [0, 0.1) is 0 Å². The molecule has 1 N–H and O–H groups in total. The SMILES string of the molecule is O=C(Cc1ccccc1)c1cccc(OCC(O)CN2CCc3ccccc3C2)c1. The van der Waals surface area contributed by atoms with E-state index in [1.807, 2.05) is 42.5 Å². The third-order valence-corrected chi connectivity index (χ3v) is 5.48. The van der Waals surface area contributed by atoms with Gasteiger partial charge >= 0.3 is 0 Å². The highest BCUT2D eigenvalue weighted by Crippen LogP contribution is 2.19. The van der Waals surface area contributed by atoms with Crippen LogP contribution < -0.4 is 4.74 Å². The minimum atomic E-state index is -0.584. The quantitative estimate of drug-likeness (QED) is 0.582. The number of Topliss-reactive ketones (excluding diaryl/α,β-unsaturated/α-hetero) is 1.